The summed E-state index contributed by atoms with van der Waals surface area (Å²) in [6, 6.07) is 4.75. The first-order valence-electron chi connectivity index (χ1n) is 8.48. The fraction of sp³-hybridized carbons (Fsp3) is 0.529. The molecule has 140 valence electrons. The molecule has 26 heavy (non-hydrogen) atoms. The molecule has 0 saturated carbocycles. The van der Waals surface area contributed by atoms with Gasteiger partial charge in [0.25, 0.3) is 5.69 Å². The molecule has 1 atom stereocenters. The highest BCUT2D eigenvalue weighted by molar-refractivity contribution is 7.22. The lowest BCUT2D eigenvalue weighted by Crippen LogP contribution is -2.36. The van der Waals surface area contributed by atoms with Gasteiger partial charge in [0.1, 0.15) is 5.60 Å². The number of thiazole rings is 1. The van der Waals surface area contributed by atoms with Gasteiger partial charge in [-0.25, -0.2) is 9.78 Å². The van der Waals surface area contributed by atoms with Crippen LogP contribution in [-0.4, -0.2) is 41.2 Å². The summed E-state index contributed by atoms with van der Waals surface area (Å²) in [7, 11) is 0. The van der Waals surface area contributed by atoms with Gasteiger partial charge in [-0.3, -0.25) is 10.1 Å². The van der Waals surface area contributed by atoms with Crippen LogP contribution in [0.1, 0.15) is 27.2 Å². The molecule has 2 heterocycles. The van der Waals surface area contributed by atoms with E-state index < -0.39 is 16.6 Å². The minimum absolute atomic E-state index is 0.0511. The van der Waals surface area contributed by atoms with E-state index in [0.29, 0.717) is 18.0 Å². The molecule has 0 bridgehead atoms. The van der Waals surface area contributed by atoms with Crippen molar-refractivity contribution in [2.45, 2.75) is 32.8 Å². The summed E-state index contributed by atoms with van der Waals surface area (Å²) >= 11 is 1.53. The van der Waals surface area contributed by atoms with Gasteiger partial charge in [0.05, 0.1) is 15.1 Å². The van der Waals surface area contributed by atoms with E-state index in [-0.39, 0.29) is 5.69 Å². The Hall–Kier alpha value is -2.42. The standard InChI is InChI=1S/C17H22N4O4S/c1-17(2,3)25-16(22)18-9-11-6-7-20(10-11)15-19-13-8-12(21(23)24)4-5-14(13)26-15/h4-5,8,11H,6-7,9-10H2,1-3H3,(H,18,22)/t11-/m1/s1. The Morgan fingerprint density at radius 3 is 2.96 bits per heavy atom. The van der Waals surface area contributed by atoms with Crippen molar-refractivity contribution in [1.82, 2.24) is 10.3 Å². The summed E-state index contributed by atoms with van der Waals surface area (Å²) < 4.78 is 6.18. The summed E-state index contributed by atoms with van der Waals surface area (Å²) in [5, 5.41) is 14.6. The van der Waals surface area contributed by atoms with Crippen LogP contribution >= 0.6 is 11.3 Å². The average molecular weight is 378 g/mol. The van der Waals surface area contributed by atoms with Crippen molar-refractivity contribution < 1.29 is 14.5 Å². The molecule has 1 aliphatic rings. The van der Waals surface area contributed by atoms with Crippen molar-refractivity contribution >= 4 is 38.5 Å². The Balaban J connectivity index is 1.59. The van der Waals surface area contributed by atoms with Gasteiger partial charge in [0, 0.05) is 31.8 Å². The highest BCUT2D eigenvalue weighted by atomic mass is 32.1. The number of hydrogen-bond acceptors (Lipinski definition) is 7. The van der Waals surface area contributed by atoms with Crippen molar-refractivity contribution in [2.75, 3.05) is 24.5 Å². The number of alkyl carbamates (subject to hydrolysis) is 1. The summed E-state index contributed by atoms with van der Waals surface area (Å²) in [6.45, 7) is 7.70. The zero-order valence-corrected chi connectivity index (χ0v) is 15.8. The van der Waals surface area contributed by atoms with E-state index in [4.69, 9.17) is 4.74 Å². The van der Waals surface area contributed by atoms with Crippen LogP contribution in [0.3, 0.4) is 0 Å². The van der Waals surface area contributed by atoms with E-state index in [9.17, 15) is 14.9 Å². The van der Waals surface area contributed by atoms with Crippen LogP contribution in [0.15, 0.2) is 18.2 Å². The average Bonchev–Trinajstić information content (AvgIpc) is 3.16. The summed E-state index contributed by atoms with van der Waals surface area (Å²) in [4.78, 5) is 28.9. The van der Waals surface area contributed by atoms with E-state index >= 15 is 0 Å². The van der Waals surface area contributed by atoms with Crippen molar-refractivity contribution in [2.24, 2.45) is 5.92 Å². The molecule has 2 aromatic rings. The third kappa shape index (κ3) is 4.40. The van der Waals surface area contributed by atoms with Gasteiger partial charge in [-0.05, 0) is 39.2 Å². The van der Waals surface area contributed by atoms with Gasteiger partial charge in [-0.1, -0.05) is 11.3 Å². The van der Waals surface area contributed by atoms with Crippen molar-refractivity contribution in [1.29, 1.82) is 0 Å². The summed E-state index contributed by atoms with van der Waals surface area (Å²) in [5.74, 6) is 0.323. The number of carbonyl (C=O) groups excluding carboxylic acids is 1. The topological polar surface area (TPSA) is 97.6 Å². The molecule has 1 aliphatic heterocycles. The van der Waals surface area contributed by atoms with Crippen LogP contribution < -0.4 is 10.2 Å². The summed E-state index contributed by atoms with van der Waals surface area (Å²) in [5.41, 5.74) is 0.194. The number of benzene rings is 1. The van der Waals surface area contributed by atoms with Crippen molar-refractivity contribution in [3.8, 4) is 0 Å². The van der Waals surface area contributed by atoms with Crippen LogP contribution in [0.4, 0.5) is 15.6 Å². The molecule has 1 amide bonds. The maximum atomic E-state index is 11.8. The largest absolute Gasteiger partial charge is 0.444 e. The SMILES string of the molecule is CC(C)(C)OC(=O)NC[C@H]1CCN(c2nc3cc([N+](=O)[O-])ccc3s2)C1. The lowest BCUT2D eigenvalue weighted by Gasteiger charge is -2.20. The molecule has 1 aromatic carbocycles. The Labute approximate surface area is 155 Å². The predicted molar refractivity (Wildman–Crippen MR) is 101 cm³/mol. The van der Waals surface area contributed by atoms with E-state index in [1.54, 1.807) is 6.07 Å². The third-order valence-electron chi connectivity index (χ3n) is 4.06. The minimum atomic E-state index is -0.505. The first-order chi connectivity index (χ1) is 12.2. The van der Waals surface area contributed by atoms with Gasteiger partial charge >= 0.3 is 6.09 Å². The number of aromatic nitrogens is 1. The molecule has 0 aliphatic carbocycles. The van der Waals surface area contributed by atoms with E-state index in [1.807, 2.05) is 20.8 Å². The van der Waals surface area contributed by atoms with Crippen molar-refractivity contribution in [3.05, 3.63) is 28.3 Å². The Kier molecular flexibility index (Phi) is 4.99. The highest BCUT2D eigenvalue weighted by Crippen LogP contribution is 2.33. The molecule has 1 saturated heterocycles. The monoisotopic (exact) mass is 378 g/mol. The molecular weight excluding hydrogens is 356 g/mol. The Morgan fingerprint density at radius 2 is 2.27 bits per heavy atom. The van der Waals surface area contributed by atoms with Gasteiger partial charge in [0.15, 0.2) is 5.13 Å². The van der Waals surface area contributed by atoms with E-state index in [1.165, 1.54) is 23.5 Å². The normalized spacial score (nSPS) is 17.5. The number of fused-ring (bicyclic) bond motifs is 1. The fourth-order valence-corrected chi connectivity index (χ4v) is 3.85. The number of nitro benzene ring substituents is 1. The minimum Gasteiger partial charge on any atom is -0.444 e. The zero-order chi connectivity index (χ0) is 18.9. The first-order valence-corrected chi connectivity index (χ1v) is 9.30. The van der Waals surface area contributed by atoms with Crippen LogP contribution in [-0.2, 0) is 4.74 Å². The van der Waals surface area contributed by atoms with Gasteiger partial charge < -0.3 is 15.0 Å². The molecule has 1 aromatic heterocycles. The molecule has 0 unspecified atom stereocenters. The molecule has 3 rings (SSSR count). The quantitative estimate of drug-likeness (QED) is 0.645. The lowest BCUT2D eigenvalue weighted by atomic mass is 10.1. The molecule has 1 fully saturated rings. The van der Waals surface area contributed by atoms with Crippen molar-refractivity contribution in [3.63, 3.8) is 0 Å². The second-order valence-electron chi connectivity index (χ2n) is 7.39. The number of ether oxygens (including phenoxy) is 1. The lowest BCUT2D eigenvalue weighted by molar-refractivity contribution is -0.384. The number of nitrogens with zero attached hydrogens (tertiary/aromatic N) is 3. The molecule has 1 N–H and O–H groups in total. The number of rotatable bonds is 4. The van der Waals surface area contributed by atoms with Gasteiger partial charge in [-0.2, -0.15) is 0 Å². The second kappa shape index (κ2) is 7.06. The van der Waals surface area contributed by atoms with Crippen LogP contribution in [0, 0.1) is 16.0 Å². The van der Waals surface area contributed by atoms with Gasteiger partial charge in [0.2, 0.25) is 0 Å². The number of carbonyl (C=O) groups is 1. The van der Waals surface area contributed by atoms with Crippen LogP contribution in [0.25, 0.3) is 10.2 Å². The number of hydrogen-bond donors (Lipinski definition) is 1. The first kappa shape index (κ1) is 18.4. The number of amides is 1. The molecule has 9 heteroatoms. The van der Waals surface area contributed by atoms with Crippen LogP contribution in [0.5, 0.6) is 0 Å². The van der Waals surface area contributed by atoms with E-state index in [0.717, 1.165) is 29.3 Å². The van der Waals surface area contributed by atoms with Gasteiger partial charge in [-0.15, -0.1) is 0 Å². The van der Waals surface area contributed by atoms with Crippen LogP contribution in [0.2, 0.25) is 0 Å². The highest BCUT2D eigenvalue weighted by Gasteiger charge is 2.26. The zero-order valence-electron chi connectivity index (χ0n) is 15.0. The second-order valence-corrected chi connectivity index (χ2v) is 8.40. The molecule has 0 radical (unpaired) electrons. The number of nitro groups is 1. The maximum absolute atomic E-state index is 11.8. The molecule has 0 spiro atoms. The number of anilines is 1. The molecule has 8 nitrogen and oxygen atoms in total. The predicted octanol–water partition coefficient (Wildman–Crippen LogP) is 3.56. The molecular formula is C17H22N4O4S. The summed E-state index contributed by atoms with van der Waals surface area (Å²) in [6.07, 6.45) is 0.550. The maximum Gasteiger partial charge on any atom is 0.407 e. The Morgan fingerprint density at radius 1 is 1.50 bits per heavy atom. The fourth-order valence-electron chi connectivity index (χ4n) is 2.87. The smallest absolute Gasteiger partial charge is 0.407 e. The van der Waals surface area contributed by atoms with E-state index in [2.05, 4.69) is 15.2 Å². The third-order valence-corrected chi connectivity index (χ3v) is 5.16. The Bertz CT molecular complexity index is 830. The number of non-ortho nitro benzene ring substituents is 1. The number of nitrogens with one attached hydrogen (secondary N) is 1.